The van der Waals surface area contributed by atoms with Crippen LogP contribution in [0, 0.1) is 13.8 Å². The van der Waals surface area contributed by atoms with Crippen LogP contribution in [0.5, 0.6) is 0 Å². The first-order valence-corrected chi connectivity index (χ1v) is 6.82. The van der Waals surface area contributed by atoms with Gasteiger partial charge in [0.25, 0.3) is 0 Å². The number of hydrogen-bond donors (Lipinski definition) is 2. The fraction of sp³-hybridized carbons (Fsp3) is 0.167. The SMILES string of the molecule is Cc1nc(Nc2ccc(Br)c(C(=O)O)c2)sc1C. The van der Waals surface area contributed by atoms with Crippen LogP contribution in [0.15, 0.2) is 22.7 Å². The number of carbonyl (C=O) groups is 1. The second-order valence-electron chi connectivity index (χ2n) is 3.79. The van der Waals surface area contributed by atoms with E-state index in [9.17, 15) is 4.79 Å². The van der Waals surface area contributed by atoms with Gasteiger partial charge in [-0.3, -0.25) is 0 Å². The van der Waals surface area contributed by atoms with E-state index in [1.54, 1.807) is 23.5 Å². The Kier molecular flexibility index (Phi) is 3.68. The summed E-state index contributed by atoms with van der Waals surface area (Å²) in [6.07, 6.45) is 0. The van der Waals surface area contributed by atoms with Crippen LogP contribution in [0.3, 0.4) is 0 Å². The van der Waals surface area contributed by atoms with Crippen LogP contribution in [0.4, 0.5) is 10.8 Å². The molecule has 0 amide bonds. The average Bonchev–Trinajstić information content (AvgIpc) is 2.60. The highest BCUT2D eigenvalue weighted by Crippen LogP contribution is 2.27. The molecule has 0 aliphatic rings. The fourth-order valence-corrected chi connectivity index (χ4v) is 2.67. The maximum Gasteiger partial charge on any atom is 0.336 e. The average molecular weight is 327 g/mol. The minimum atomic E-state index is -0.961. The largest absolute Gasteiger partial charge is 0.478 e. The predicted octanol–water partition coefficient (Wildman–Crippen LogP) is 3.96. The van der Waals surface area contributed by atoms with Crippen molar-refractivity contribution in [2.45, 2.75) is 13.8 Å². The summed E-state index contributed by atoms with van der Waals surface area (Å²) >= 11 is 4.76. The maximum atomic E-state index is 11.0. The van der Waals surface area contributed by atoms with Crippen molar-refractivity contribution in [1.82, 2.24) is 4.98 Å². The molecule has 6 heteroatoms. The number of benzene rings is 1. The molecule has 1 aromatic heterocycles. The van der Waals surface area contributed by atoms with E-state index in [0.717, 1.165) is 15.7 Å². The molecule has 2 N–H and O–H groups in total. The molecule has 2 aromatic rings. The van der Waals surface area contributed by atoms with Crippen LogP contribution in [-0.2, 0) is 0 Å². The summed E-state index contributed by atoms with van der Waals surface area (Å²) in [7, 11) is 0. The number of anilines is 2. The molecular weight excluding hydrogens is 316 g/mol. The molecule has 0 saturated heterocycles. The van der Waals surface area contributed by atoms with E-state index in [0.29, 0.717) is 10.2 Å². The zero-order valence-corrected chi connectivity index (χ0v) is 12.2. The van der Waals surface area contributed by atoms with E-state index in [-0.39, 0.29) is 5.56 Å². The molecule has 1 heterocycles. The van der Waals surface area contributed by atoms with Crippen molar-refractivity contribution in [3.05, 3.63) is 38.8 Å². The summed E-state index contributed by atoms with van der Waals surface area (Å²) in [5.74, 6) is -0.961. The number of thiazole rings is 1. The Labute approximate surface area is 117 Å². The summed E-state index contributed by atoms with van der Waals surface area (Å²) in [6.45, 7) is 3.95. The number of halogens is 1. The van der Waals surface area contributed by atoms with Crippen LogP contribution in [0.1, 0.15) is 20.9 Å². The van der Waals surface area contributed by atoms with Crippen LogP contribution < -0.4 is 5.32 Å². The molecule has 0 bridgehead atoms. The van der Waals surface area contributed by atoms with Crippen LogP contribution >= 0.6 is 27.3 Å². The highest BCUT2D eigenvalue weighted by atomic mass is 79.9. The van der Waals surface area contributed by atoms with E-state index in [1.807, 2.05) is 19.9 Å². The highest BCUT2D eigenvalue weighted by Gasteiger charge is 2.10. The minimum absolute atomic E-state index is 0.227. The Hall–Kier alpha value is -1.40. The fourth-order valence-electron chi connectivity index (χ4n) is 1.42. The molecule has 4 nitrogen and oxygen atoms in total. The summed E-state index contributed by atoms with van der Waals surface area (Å²) < 4.78 is 0.562. The summed E-state index contributed by atoms with van der Waals surface area (Å²) in [6, 6.07) is 5.10. The molecule has 2 rings (SSSR count). The molecule has 0 atom stereocenters. The zero-order chi connectivity index (χ0) is 13.3. The van der Waals surface area contributed by atoms with Gasteiger partial charge >= 0.3 is 5.97 Å². The van der Waals surface area contributed by atoms with Gasteiger partial charge in [-0.2, -0.15) is 0 Å². The van der Waals surface area contributed by atoms with Gasteiger partial charge in [0.1, 0.15) is 0 Å². The smallest absolute Gasteiger partial charge is 0.336 e. The number of nitrogens with one attached hydrogen (secondary N) is 1. The third-order valence-corrected chi connectivity index (χ3v) is 4.16. The Morgan fingerprint density at radius 2 is 2.17 bits per heavy atom. The van der Waals surface area contributed by atoms with Gasteiger partial charge in [0.05, 0.1) is 11.3 Å². The Balaban J connectivity index is 2.29. The predicted molar refractivity (Wildman–Crippen MR) is 76.0 cm³/mol. The highest BCUT2D eigenvalue weighted by molar-refractivity contribution is 9.10. The Bertz CT molecular complexity index is 591. The monoisotopic (exact) mass is 326 g/mol. The van der Waals surface area contributed by atoms with Gasteiger partial charge in [0.2, 0.25) is 0 Å². The molecule has 0 unspecified atom stereocenters. The molecule has 0 aliphatic carbocycles. The topological polar surface area (TPSA) is 62.2 Å². The maximum absolute atomic E-state index is 11.0. The number of aryl methyl sites for hydroxylation is 2. The van der Waals surface area contributed by atoms with Gasteiger partial charge in [-0.15, -0.1) is 11.3 Å². The second-order valence-corrected chi connectivity index (χ2v) is 5.84. The standard InChI is InChI=1S/C12H11BrN2O2S/c1-6-7(2)18-12(14-6)15-8-3-4-10(13)9(5-8)11(16)17/h3-5H,1-2H3,(H,14,15)(H,16,17). The van der Waals surface area contributed by atoms with E-state index < -0.39 is 5.97 Å². The van der Waals surface area contributed by atoms with E-state index >= 15 is 0 Å². The number of nitrogens with zero attached hydrogens (tertiary/aromatic N) is 1. The Morgan fingerprint density at radius 3 is 2.72 bits per heavy atom. The number of aromatic carboxylic acids is 1. The molecule has 18 heavy (non-hydrogen) atoms. The lowest BCUT2D eigenvalue weighted by atomic mass is 10.2. The molecule has 0 spiro atoms. The number of hydrogen-bond acceptors (Lipinski definition) is 4. The Morgan fingerprint density at radius 1 is 1.44 bits per heavy atom. The third-order valence-electron chi connectivity index (χ3n) is 2.48. The molecule has 0 fully saturated rings. The molecule has 0 radical (unpaired) electrons. The minimum Gasteiger partial charge on any atom is -0.478 e. The molecular formula is C12H11BrN2O2S. The van der Waals surface area contributed by atoms with Crippen molar-refractivity contribution >= 4 is 44.1 Å². The van der Waals surface area contributed by atoms with E-state index in [2.05, 4.69) is 26.2 Å². The molecule has 94 valence electrons. The number of carboxylic acid groups (broad SMARTS) is 1. The molecule has 1 aromatic carbocycles. The van der Waals surface area contributed by atoms with Gasteiger partial charge in [-0.05, 0) is 48.0 Å². The van der Waals surface area contributed by atoms with Crippen LogP contribution in [0.25, 0.3) is 0 Å². The van der Waals surface area contributed by atoms with Gasteiger partial charge in [0, 0.05) is 15.0 Å². The van der Waals surface area contributed by atoms with E-state index in [4.69, 9.17) is 5.11 Å². The van der Waals surface area contributed by atoms with Gasteiger partial charge < -0.3 is 10.4 Å². The normalized spacial score (nSPS) is 10.4. The van der Waals surface area contributed by atoms with Crippen molar-refractivity contribution in [1.29, 1.82) is 0 Å². The first-order valence-electron chi connectivity index (χ1n) is 5.21. The number of aromatic nitrogens is 1. The summed E-state index contributed by atoms with van der Waals surface area (Å²) in [5, 5.41) is 12.9. The van der Waals surface area contributed by atoms with Gasteiger partial charge in [-0.1, -0.05) is 0 Å². The first kappa shape index (κ1) is 13.0. The van der Waals surface area contributed by atoms with Gasteiger partial charge in [-0.25, -0.2) is 9.78 Å². The van der Waals surface area contributed by atoms with Crippen molar-refractivity contribution in [3.8, 4) is 0 Å². The first-order chi connectivity index (χ1) is 8.47. The summed E-state index contributed by atoms with van der Waals surface area (Å²) in [5.41, 5.74) is 1.92. The number of rotatable bonds is 3. The van der Waals surface area contributed by atoms with Crippen LogP contribution in [-0.4, -0.2) is 16.1 Å². The van der Waals surface area contributed by atoms with Crippen molar-refractivity contribution in [2.24, 2.45) is 0 Å². The lowest BCUT2D eigenvalue weighted by molar-refractivity contribution is 0.0696. The van der Waals surface area contributed by atoms with Crippen molar-refractivity contribution < 1.29 is 9.90 Å². The second kappa shape index (κ2) is 5.07. The summed E-state index contributed by atoms with van der Waals surface area (Å²) in [4.78, 5) is 16.5. The van der Waals surface area contributed by atoms with E-state index in [1.165, 1.54) is 0 Å². The lowest BCUT2D eigenvalue weighted by Gasteiger charge is -2.05. The number of carboxylic acids is 1. The van der Waals surface area contributed by atoms with Crippen LogP contribution in [0.2, 0.25) is 0 Å². The quantitative estimate of drug-likeness (QED) is 0.896. The lowest BCUT2D eigenvalue weighted by Crippen LogP contribution is -1.99. The van der Waals surface area contributed by atoms with Gasteiger partial charge in [0.15, 0.2) is 5.13 Å². The third kappa shape index (κ3) is 2.70. The molecule has 0 saturated carbocycles. The van der Waals surface area contributed by atoms with Crippen molar-refractivity contribution in [2.75, 3.05) is 5.32 Å². The van der Waals surface area contributed by atoms with Crippen molar-refractivity contribution in [3.63, 3.8) is 0 Å². The molecule has 0 aliphatic heterocycles. The zero-order valence-electron chi connectivity index (χ0n) is 9.82.